The number of rotatable bonds is 5. The molecular formula is C22H31N5O5. The lowest BCUT2D eigenvalue weighted by Crippen LogP contribution is -2.46. The minimum absolute atomic E-state index is 0.0203. The zero-order valence-electron chi connectivity index (χ0n) is 19.4. The summed E-state index contributed by atoms with van der Waals surface area (Å²) >= 11 is 0. The predicted octanol–water partition coefficient (Wildman–Crippen LogP) is 0.919. The van der Waals surface area contributed by atoms with E-state index in [1.165, 1.54) is 11.6 Å². The van der Waals surface area contributed by atoms with Crippen LogP contribution in [0.5, 0.6) is 0 Å². The Morgan fingerprint density at radius 3 is 2.41 bits per heavy atom. The minimum atomic E-state index is -0.421. The number of hydrogen-bond donors (Lipinski definition) is 1. The van der Waals surface area contributed by atoms with Gasteiger partial charge in [0.1, 0.15) is 5.65 Å². The van der Waals surface area contributed by atoms with Crippen LogP contribution in [0.25, 0.3) is 11.0 Å². The molecule has 0 bridgehead atoms. The molecule has 1 saturated heterocycles. The van der Waals surface area contributed by atoms with Crippen molar-refractivity contribution in [2.45, 2.75) is 52.5 Å². The number of hydrogen-bond acceptors (Lipinski definition) is 6. The van der Waals surface area contributed by atoms with Crippen LogP contribution in [-0.2, 0) is 30.0 Å². The summed E-state index contributed by atoms with van der Waals surface area (Å²) < 4.78 is 7.46. The van der Waals surface area contributed by atoms with Crippen molar-refractivity contribution in [3.8, 4) is 0 Å². The maximum absolute atomic E-state index is 12.7. The molecule has 0 saturated carbocycles. The van der Waals surface area contributed by atoms with Crippen molar-refractivity contribution in [1.82, 2.24) is 24.3 Å². The van der Waals surface area contributed by atoms with Crippen LogP contribution in [0, 0.1) is 13.8 Å². The second-order valence-electron chi connectivity index (χ2n) is 8.23. The van der Waals surface area contributed by atoms with Gasteiger partial charge in [0.25, 0.3) is 5.56 Å². The number of ether oxygens (including phenoxy) is 1. The van der Waals surface area contributed by atoms with E-state index in [0.29, 0.717) is 55.7 Å². The number of carbonyl (C=O) groups excluding carboxylic acids is 2. The minimum Gasteiger partial charge on any atom is -0.450 e. The second kappa shape index (κ2) is 9.54. The second-order valence-corrected chi connectivity index (χ2v) is 8.23. The third kappa shape index (κ3) is 4.53. The third-order valence-electron chi connectivity index (χ3n) is 6.16. The van der Waals surface area contributed by atoms with E-state index in [1.54, 1.807) is 18.9 Å². The average molecular weight is 446 g/mol. The lowest BCUT2D eigenvalue weighted by atomic mass is 9.99. The van der Waals surface area contributed by atoms with E-state index >= 15 is 0 Å². The van der Waals surface area contributed by atoms with E-state index in [-0.39, 0.29) is 30.0 Å². The highest BCUT2D eigenvalue weighted by Crippen LogP contribution is 2.21. The molecule has 1 aliphatic rings. The summed E-state index contributed by atoms with van der Waals surface area (Å²) in [5.74, 6) is -0.0770. The lowest BCUT2D eigenvalue weighted by molar-refractivity contribution is -0.122. The number of fused-ring (bicyclic) bond motifs is 1. The van der Waals surface area contributed by atoms with Gasteiger partial charge in [-0.15, -0.1) is 0 Å². The summed E-state index contributed by atoms with van der Waals surface area (Å²) in [5, 5.41) is 3.45. The van der Waals surface area contributed by atoms with Crippen LogP contribution >= 0.6 is 0 Å². The fraction of sp³-hybridized carbons (Fsp3) is 0.591. The Balaban J connectivity index is 1.68. The van der Waals surface area contributed by atoms with Crippen LogP contribution in [0.4, 0.5) is 4.79 Å². The van der Waals surface area contributed by atoms with Gasteiger partial charge in [0.05, 0.1) is 12.0 Å². The van der Waals surface area contributed by atoms with Crippen LogP contribution in [0.1, 0.15) is 43.0 Å². The fourth-order valence-electron chi connectivity index (χ4n) is 4.27. The Kier molecular flexibility index (Phi) is 7.00. The molecule has 0 spiro atoms. The SMILES string of the molecule is CCOC(=O)N1CCC(NC(=O)CCc2c(C)nc3c(c2C)c(=O)n(C)c(=O)n3C)CC1. The molecular weight excluding hydrogens is 414 g/mol. The summed E-state index contributed by atoms with van der Waals surface area (Å²) in [4.78, 5) is 55.4. The molecule has 32 heavy (non-hydrogen) atoms. The number of nitrogens with one attached hydrogen (secondary N) is 1. The van der Waals surface area contributed by atoms with Crippen molar-refractivity contribution >= 4 is 23.0 Å². The maximum Gasteiger partial charge on any atom is 0.409 e. The smallest absolute Gasteiger partial charge is 0.409 e. The van der Waals surface area contributed by atoms with Crippen LogP contribution in [0.3, 0.4) is 0 Å². The van der Waals surface area contributed by atoms with Gasteiger partial charge in [0.15, 0.2) is 0 Å². The standard InChI is InChI=1S/C22H31N5O5/c1-6-32-22(31)27-11-9-15(10-12-27)24-17(28)8-7-16-13(2)18-19(23-14(16)3)25(4)21(30)26(5)20(18)29/h15H,6-12H2,1-5H3,(H,24,28). The van der Waals surface area contributed by atoms with Crippen LogP contribution in [-0.4, -0.2) is 56.8 Å². The first kappa shape index (κ1) is 23.5. The lowest BCUT2D eigenvalue weighted by Gasteiger charge is -2.31. The van der Waals surface area contributed by atoms with E-state index < -0.39 is 5.69 Å². The van der Waals surface area contributed by atoms with E-state index in [1.807, 2.05) is 13.8 Å². The number of aromatic nitrogens is 3. The topological polar surface area (TPSA) is 116 Å². The molecule has 1 N–H and O–H groups in total. The molecule has 1 aliphatic heterocycles. The van der Waals surface area contributed by atoms with Gasteiger partial charge in [-0.2, -0.15) is 0 Å². The molecule has 0 radical (unpaired) electrons. The Hall–Kier alpha value is -3.17. The number of carbonyl (C=O) groups is 2. The van der Waals surface area contributed by atoms with Gasteiger partial charge >= 0.3 is 11.8 Å². The van der Waals surface area contributed by atoms with E-state index in [4.69, 9.17) is 4.74 Å². The van der Waals surface area contributed by atoms with Crippen molar-refractivity contribution in [2.75, 3.05) is 19.7 Å². The Morgan fingerprint density at radius 1 is 1.12 bits per heavy atom. The number of pyridine rings is 1. The van der Waals surface area contributed by atoms with Gasteiger partial charge in [-0.3, -0.25) is 18.7 Å². The highest BCUT2D eigenvalue weighted by atomic mass is 16.6. The summed E-state index contributed by atoms with van der Waals surface area (Å²) in [5.41, 5.74) is 1.85. The van der Waals surface area contributed by atoms with Crippen molar-refractivity contribution in [3.63, 3.8) is 0 Å². The summed E-state index contributed by atoms with van der Waals surface area (Å²) in [7, 11) is 3.04. The van der Waals surface area contributed by atoms with Crippen molar-refractivity contribution < 1.29 is 14.3 Å². The number of nitrogens with zero attached hydrogens (tertiary/aromatic N) is 4. The molecule has 10 nitrogen and oxygen atoms in total. The molecule has 0 unspecified atom stereocenters. The molecule has 2 aromatic heterocycles. The molecule has 3 heterocycles. The van der Waals surface area contributed by atoms with Crippen molar-refractivity contribution in [2.24, 2.45) is 14.1 Å². The van der Waals surface area contributed by atoms with E-state index in [0.717, 1.165) is 15.7 Å². The summed E-state index contributed by atoms with van der Waals surface area (Å²) in [6.07, 6.45) is 1.77. The van der Waals surface area contributed by atoms with Crippen LogP contribution in [0.2, 0.25) is 0 Å². The maximum atomic E-state index is 12.7. The molecule has 0 aliphatic carbocycles. The zero-order valence-corrected chi connectivity index (χ0v) is 19.4. The first-order chi connectivity index (χ1) is 15.1. The molecule has 174 valence electrons. The molecule has 1 fully saturated rings. The Morgan fingerprint density at radius 2 is 1.78 bits per heavy atom. The molecule has 0 atom stereocenters. The normalized spacial score (nSPS) is 14.6. The van der Waals surface area contributed by atoms with Crippen molar-refractivity contribution in [3.05, 3.63) is 37.7 Å². The highest BCUT2D eigenvalue weighted by Gasteiger charge is 2.25. The zero-order chi connectivity index (χ0) is 23.6. The number of likely N-dealkylation sites (tertiary alicyclic amines) is 1. The number of aryl methyl sites for hydroxylation is 3. The number of amides is 2. The first-order valence-corrected chi connectivity index (χ1v) is 10.9. The van der Waals surface area contributed by atoms with E-state index in [9.17, 15) is 19.2 Å². The molecule has 2 aromatic rings. The predicted molar refractivity (Wildman–Crippen MR) is 120 cm³/mol. The average Bonchev–Trinajstić information content (AvgIpc) is 2.76. The number of piperidine rings is 1. The highest BCUT2D eigenvalue weighted by molar-refractivity contribution is 5.81. The van der Waals surface area contributed by atoms with Crippen LogP contribution in [0.15, 0.2) is 9.59 Å². The fourth-order valence-corrected chi connectivity index (χ4v) is 4.27. The van der Waals surface area contributed by atoms with Crippen molar-refractivity contribution in [1.29, 1.82) is 0 Å². The summed E-state index contributed by atoms with van der Waals surface area (Å²) in [6.45, 7) is 6.89. The first-order valence-electron chi connectivity index (χ1n) is 10.9. The van der Waals surface area contributed by atoms with Gasteiger partial charge in [0, 0.05) is 45.3 Å². The largest absolute Gasteiger partial charge is 0.450 e. The Bertz CT molecular complexity index is 1160. The molecule has 0 aromatic carbocycles. The third-order valence-corrected chi connectivity index (χ3v) is 6.16. The Labute approximate surface area is 186 Å². The van der Waals surface area contributed by atoms with Gasteiger partial charge in [-0.1, -0.05) is 0 Å². The monoisotopic (exact) mass is 445 g/mol. The molecule has 3 rings (SSSR count). The van der Waals surface area contributed by atoms with E-state index in [2.05, 4.69) is 10.3 Å². The quantitative estimate of drug-likeness (QED) is 0.732. The van der Waals surface area contributed by atoms with Gasteiger partial charge < -0.3 is 15.0 Å². The van der Waals surface area contributed by atoms with Gasteiger partial charge in [-0.25, -0.2) is 14.6 Å². The van der Waals surface area contributed by atoms with Crippen LogP contribution < -0.4 is 16.6 Å². The van der Waals surface area contributed by atoms with Gasteiger partial charge in [0.2, 0.25) is 5.91 Å². The van der Waals surface area contributed by atoms with Gasteiger partial charge in [-0.05, 0) is 51.2 Å². The summed E-state index contributed by atoms with van der Waals surface area (Å²) in [6, 6.07) is 0.0203. The molecule has 10 heteroatoms. The molecule has 2 amide bonds.